The number of anilines is 2. The summed E-state index contributed by atoms with van der Waals surface area (Å²) in [5, 5.41) is 3.54. The Hall–Kier alpha value is -2.37. The van der Waals surface area contributed by atoms with Crippen LogP contribution in [0.15, 0.2) is 24.4 Å². The summed E-state index contributed by atoms with van der Waals surface area (Å²) in [7, 11) is 1.28. The largest absolute Gasteiger partial charge is 0.468 e. The number of esters is 1. The minimum atomic E-state index is -0.460. The second-order valence-corrected chi connectivity index (χ2v) is 3.65. The number of fused-ring (bicyclic) bond motifs is 1. The summed E-state index contributed by atoms with van der Waals surface area (Å²) in [5.41, 5.74) is 6.22. The first-order valence-electron chi connectivity index (χ1n) is 5.27. The van der Waals surface area contributed by atoms with Crippen LogP contribution in [0.5, 0.6) is 0 Å². The molecular weight excluding hydrogens is 237 g/mol. The van der Waals surface area contributed by atoms with E-state index in [1.807, 2.05) is 0 Å². The van der Waals surface area contributed by atoms with Crippen molar-refractivity contribution in [2.45, 2.75) is 0 Å². The Morgan fingerprint density at radius 1 is 1.50 bits per heavy atom. The molecule has 0 amide bonds. The van der Waals surface area contributed by atoms with Crippen LogP contribution in [0.4, 0.5) is 15.9 Å². The number of methoxy groups -OCH3 is 1. The van der Waals surface area contributed by atoms with Crippen molar-refractivity contribution in [1.29, 1.82) is 0 Å². The van der Waals surface area contributed by atoms with Gasteiger partial charge in [-0.25, -0.2) is 9.37 Å². The molecule has 1 aromatic carbocycles. The van der Waals surface area contributed by atoms with E-state index < -0.39 is 11.8 Å². The number of aromatic nitrogens is 1. The maximum atomic E-state index is 13.8. The number of carbonyl (C=O) groups excluding carboxylic acids is 1. The molecule has 6 heteroatoms. The van der Waals surface area contributed by atoms with Gasteiger partial charge < -0.3 is 15.8 Å². The van der Waals surface area contributed by atoms with Crippen LogP contribution in [-0.2, 0) is 9.53 Å². The summed E-state index contributed by atoms with van der Waals surface area (Å²) in [6, 6.07) is 4.38. The molecule has 2 aromatic rings. The fourth-order valence-electron chi connectivity index (χ4n) is 1.64. The van der Waals surface area contributed by atoms with E-state index >= 15 is 0 Å². The maximum Gasteiger partial charge on any atom is 0.325 e. The van der Waals surface area contributed by atoms with Crippen molar-refractivity contribution in [1.82, 2.24) is 4.98 Å². The molecule has 0 radical (unpaired) electrons. The molecule has 0 atom stereocenters. The summed E-state index contributed by atoms with van der Waals surface area (Å²) in [4.78, 5) is 15.0. The van der Waals surface area contributed by atoms with Gasteiger partial charge in [-0.15, -0.1) is 0 Å². The van der Waals surface area contributed by atoms with Gasteiger partial charge in [-0.1, -0.05) is 0 Å². The van der Waals surface area contributed by atoms with Crippen LogP contribution in [0.2, 0.25) is 0 Å². The third kappa shape index (κ3) is 2.17. The number of nitrogens with one attached hydrogen (secondary N) is 1. The number of nitrogens with two attached hydrogens (primary N) is 1. The van der Waals surface area contributed by atoms with Crippen molar-refractivity contribution in [3.8, 4) is 0 Å². The summed E-state index contributed by atoms with van der Waals surface area (Å²) < 4.78 is 18.3. The van der Waals surface area contributed by atoms with E-state index in [1.165, 1.54) is 25.4 Å². The highest BCUT2D eigenvalue weighted by Crippen LogP contribution is 2.28. The second-order valence-electron chi connectivity index (χ2n) is 3.65. The Bertz CT molecular complexity index is 601. The van der Waals surface area contributed by atoms with E-state index in [4.69, 9.17) is 5.73 Å². The zero-order valence-corrected chi connectivity index (χ0v) is 9.74. The van der Waals surface area contributed by atoms with Crippen molar-refractivity contribution >= 4 is 28.2 Å². The molecule has 0 unspecified atom stereocenters. The van der Waals surface area contributed by atoms with Gasteiger partial charge in [0.05, 0.1) is 12.5 Å². The van der Waals surface area contributed by atoms with E-state index in [2.05, 4.69) is 15.0 Å². The zero-order valence-electron chi connectivity index (χ0n) is 9.74. The highest BCUT2D eigenvalue weighted by atomic mass is 19.1. The average molecular weight is 249 g/mol. The molecule has 0 aliphatic rings. The topological polar surface area (TPSA) is 77.2 Å². The molecule has 1 aromatic heterocycles. The Morgan fingerprint density at radius 3 is 3.00 bits per heavy atom. The Balaban J connectivity index is 2.45. The van der Waals surface area contributed by atoms with Crippen molar-refractivity contribution in [3.63, 3.8) is 0 Å². The van der Waals surface area contributed by atoms with Crippen LogP contribution in [0.1, 0.15) is 0 Å². The Kier molecular flexibility index (Phi) is 3.27. The molecule has 0 fully saturated rings. The molecule has 5 nitrogen and oxygen atoms in total. The molecule has 1 heterocycles. The van der Waals surface area contributed by atoms with Gasteiger partial charge in [0.1, 0.15) is 18.2 Å². The number of carbonyl (C=O) groups is 1. The molecule has 0 saturated heterocycles. The number of hydrogen-bond donors (Lipinski definition) is 2. The summed E-state index contributed by atoms with van der Waals surface area (Å²) in [5.74, 6) is -0.638. The van der Waals surface area contributed by atoms with E-state index in [0.717, 1.165) is 0 Å². The van der Waals surface area contributed by atoms with Crippen molar-refractivity contribution in [2.24, 2.45) is 0 Å². The molecule has 0 aliphatic heterocycles. The van der Waals surface area contributed by atoms with Crippen LogP contribution in [0.25, 0.3) is 10.8 Å². The molecule has 3 N–H and O–H groups in total. The zero-order chi connectivity index (χ0) is 13.1. The van der Waals surface area contributed by atoms with Crippen LogP contribution >= 0.6 is 0 Å². The molecule has 0 aliphatic carbocycles. The van der Waals surface area contributed by atoms with Crippen LogP contribution < -0.4 is 11.1 Å². The van der Waals surface area contributed by atoms with Crippen LogP contribution in [-0.4, -0.2) is 24.6 Å². The van der Waals surface area contributed by atoms with Gasteiger partial charge in [0.2, 0.25) is 0 Å². The van der Waals surface area contributed by atoms with Crippen LogP contribution in [0, 0.1) is 5.82 Å². The second kappa shape index (κ2) is 4.87. The number of ether oxygens (including phenoxy) is 1. The molecule has 0 saturated carbocycles. The van der Waals surface area contributed by atoms with E-state index in [1.54, 1.807) is 6.07 Å². The SMILES string of the molecule is COC(=O)CNc1nccc2c(N)ccc(F)c12. The smallest absolute Gasteiger partial charge is 0.325 e. The minimum absolute atomic E-state index is 0.0865. The van der Waals surface area contributed by atoms with E-state index in [-0.39, 0.29) is 17.7 Å². The summed E-state index contributed by atoms with van der Waals surface area (Å²) in [6.45, 7) is -0.0865. The maximum absolute atomic E-state index is 13.8. The number of nitrogen functional groups attached to an aromatic ring is 1. The normalized spacial score (nSPS) is 10.3. The first kappa shape index (κ1) is 12.1. The Labute approximate surface area is 103 Å². The first-order valence-corrected chi connectivity index (χ1v) is 5.27. The van der Waals surface area contributed by atoms with Crippen molar-refractivity contribution in [2.75, 3.05) is 24.7 Å². The van der Waals surface area contributed by atoms with Gasteiger partial charge in [-0.05, 0) is 18.2 Å². The molecule has 94 valence electrons. The van der Waals surface area contributed by atoms with Gasteiger partial charge in [-0.3, -0.25) is 4.79 Å². The molecule has 18 heavy (non-hydrogen) atoms. The number of rotatable bonds is 3. The molecule has 2 rings (SSSR count). The van der Waals surface area contributed by atoms with E-state index in [0.29, 0.717) is 11.1 Å². The molecule has 0 bridgehead atoms. The Morgan fingerprint density at radius 2 is 2.28 bits per heavy atom. The third-order valence-corrected chi connectivity index (χ3v) is 2.54. The molecular formula is C12H12FN3O2. The lowest BCUT2D eigenvalue weighted by atomic mass is 10.1. The number of pyridine rings is 1. The quantitative estimate of drug-likeness (QED) is 0.637. The first-order chi connectivity index (χ1) is 8.63. The fraction of sp³-hybridized carbons (Fsp3) is 0.167. The van der Waals surface area contributed by atoms with Crippen LogP contribution in [0.3, 0.4) is 0 Å². The number of hydrogen-bond acceptors (Lipinski definition) is 5. The van der Waals surface area contributed by atoms with Gasteiger partial charge in [0.25, 0.3) is 0 Å². The van der Waals surface area contributed by atoms with Gasteiger partial charge >= 0.3 is 5.97 Å². The lowest BCUT2D eigenvalue weighted by Crippen LogP contribution is -2.16. The summed E-state index contributed by atoms with van der Waals surface area (Å²) in [6.07, 6.45) is 1.50. The predicted octanol–water partition coefficient (Wildman–Crippen LogP) is 1.54. The minimum Gasteiger partial charge on any atom is -0.468 e. The van der Waals surface area contributed by atoms with Crippen molar-refractivity contribution in [3.05, 3.63) is 30.2 Å². The third-order valence-electron chi connectivity index (χ3n) is 2.54. The molecule has 0 spiro atoms. The van der Waals surface area contributed by atoms with E-state index in [9.17, 15) is 9.18 Å². The van der Waals surface area contributed by atoms with Crippen molar-refractivity contribution < 1.29 is 13.9 Å². The number of benzene rings is 1. The number of halogens is 1. The monoisotopic (exact) mass is 249 g/mol. The predicted molar refractivity (Wildman–Crippen MR) is 66.6 cm³/mol. The average Bonchev–Trinajstić information content (AvgIpc) is 2.40. The fourth-order valence-corrected chi connectivity index (χ4v) is 1.64. The highest BCUT2D eigenvalue weighted by molar-refractivity contribution is 6.00. The lowest BCUT2D eigenvalue weighted by molar-refractivity contribution is -0.138. The highest BCUT2D eigenvalue weighted by Gasteiger charge is 2.11. The van der Waals surface area contributed by atoms with Gasteiger partial charge in [0, 0.05) is 17.3 Å². The number of nitrogens with zero attached hydrogens (tertiary/aromatic N) is 1. The van der Waals surface area contributed by atoms with Gasteiger partial charge in [0.15, 0.2) is 0 Å². The standard InChI is InChI=1S/C12H12FN3O2/c1-18-10(17)6-16-12-11-7(4-5-15-12)9(14)3-2-8(11)13/h2-5H,6,14H2,1H3,(H,15,16). The lowest BCUT2D eigenvalue weighted by Gasteiger charge is -2.09. The summed E-state index contributed by atoms with van der Waals surface area (Å²) >= 11 is 0. The van der Waals surface area contributed by atoms with Gasteiger partial charge in [-0.2, -0.15) is 0 Å².